The number of benzene rings is 2. The van der Waals surface area contributed by atoms with Crippen LogP contribution in [0.5, 0.6) is 0 Å². The maximum Gasteiger partial charge on any atom is 0.276 e. The monoisotopic (exact) mass is 427 g/mol. The quantitative estimate of drug-likeness (QED) is 0.644. The summed E-state index contributed by atoms with van der Waals surface area (Å²) in [6.45, 7) is 3.05. The fourth-order valence-corrected chi connectivity index (χ4v) is 3.66. The van der Waals surface area contributed by atoms with Crippen LogP contribution in [-0.4, -0.2) is 62.8 Å². The number of hydrogen-bond acceptors (Lipinski definition) is 4. The van der Waals surface area contributed by atoms with Gasteiger partial charge in [-0.1, -0.05) is 41.1 Å². The Morgan fingerprint density at radius 1 is 0.933 bits per heavy atom. The molecule has 1 aromatic heterocycles. The molecular formula is C21H19ClFN5O2. The van der Waals surface area contributed by atoms with Gasteiger partial charge in [0.05, 0.1) is 22.0 Å². The van der Waals surface area contributed by atoms with Gasteiger partial charge in [-0.2, -0.15) is 0 Å². The fraction of sp³-hybridized carbons (Fsp3) is 0.238. The van der Waals surface area contributed by atoms with Crippen LogP contribution >= 0.6 is 11.6 Å². The van der Waals surface area contributed by atoms with E-state index in [9.17, 15) is 14.0 Å². The van der Waals surface area contributed by atoms with Gasteiger partial charge in [0.25, 0.3) is 11.8 Å². The van der Waals surface area contributed by atoms with Crippen molar-refractivity contribution in [3.05, 3.63) is 76.3 Å². The second kappa shape index (κ2) is 8.23. The zero-order valence-electron chi connectivity index (χ0n) is 16.3. The third-order valence-corrected chi connectivity index (χ3v) is 5.46. The number of amides is 2. The van der Waals surface area contributed by atoms with E-state index in [1.165, 1.54) is 16.8 Å². The summed E-state index contributed by atoms with van der Waals surface area (Å²) in [4.78, 5) is 28.7. The standard InChI is InChI=1S/C21H19ClFN5O2/c1-14-19(24-25-28(14)18-9-5-3-7-16(18)22)21(30)27-12-10-26(11-13-27)20(29)15-6-2-4-8-17(15)23/h2-9H,10-13H2,1H3. The lowest BCUT2D eigenvalue weighted by atomic mass is 10.1. The first-order valence-corrected chi connectivity index (χ1v) is 9.85. The molecule has 1 fully saturated rings. The van der Waals surface area contributed by atoms with Gasteiger partial charge >= 0.3 is 0 Å². The first-order valence-electron chi connectivity index (χ1n) is 9.47. The number of halogens is 2. The smallest absolute Gasteiger partial charge is 0.276 e. The van der Waals surface area contributed by atoms with E-state index in [0.29, 0.717) is 42.6 Å². The number of nitrogens with zero attached hydrogens (tertiary/aromatic N) is 5. The van der Waals surface area contributed by atoms with Gasteiger partial charge < -0.3 is 9.80 Å². The summed E-state index contributed by atoms with van der Waals surface area (Å²) < 4.78 is 15.4. The summed E-state index contributed by atoms with van der Waals surface area (Å²) in [5, 5.41) is 8.64. The molecule has 0 unspecified atom stereocenters. The normalized spacial score (nSPS) is 14.1. The van der Waals surface area contributed by atoms with Crippen molar-refractivity contribution in [3.63, 3.8) is 0 Å². The highest BCUT2D eigenvalue weighted by Crippen LogP contribution is 2.22. The highest BCUT2D eigenvalue weighted by atomic mass is 35.5. The SMILES string of the molecule is Cc1c(C(=O)N2CCN(C(=O)c3ccccc3F)CC2)nnn1-c1ccccc1Cl. The first kappa shape index (κ1) is 20.0. The van der Waals surface area contributed by atoms with Gasteiger partial charge in [-0.25, -0.2) is 9.07 Å². The van der Waals surface area contributed by atoms with Gasteiger partial charge in [0.1, 0.15) is 5.82 Å². The Labute approximate surface area is 177 Å². The molecule has 1 aliphatic heterocycles. The summed E-state index contributed by atoms with van der Waals surface area (Å²) in [5.41, 5.74) is 1.50. The number of carbonyl (C=O) groups is 2. The molecule has 0 saturated carbocycles. The third kappa shape index (κ3) is 3.66. The fourth-order valence-electron chi connectivity index (χ4n) is 3.45. The average Bonchev–Trinajstić information content (AvgIpc) is 3.14. The molecule has 2 heterocycles. The van der Waals surface area contributed by atoms with Gasteiger partial charge in [-0.3, -0.25) is 9.59 Å². The van der Waals surface area contributed by atoms with Crippen LogP contribution < -0.4 is 0 Å². The average molecular weight is 428 g/mol. The van der Waals surface area contributed by atoms with E-state index in [1.54, 1.807) is 41.0 Å². The third-order valence-electron chi connectivity index (χ3n) is 5.14. The van der Waals surface area contributed by atoms with E-state index < -0.39 is 5.82 Å². The van der Waals surface area contributed by atoms with Crippen LogP contribution in [0.1, 0.15) is 26.5 Å². The zero-order valence-corrected chi connectivity index (χ0v) is 17.0. The molecule has 2 aromatic carbocycles. The van der Waals surface area contributed by atoms with Gasteiger partial charge in [0, 0.05) is 26.2 Å². The van der Waals surface area contributed by atoms with E-state index in [4.69, 9.17) is 11.6 Å². The Morgan fingerprint density at radius 3 is 2.20 bits per heavy atom. The number of carbonyl (C=O) groups excluding carboxylic acids is 2. The maximum absolute atomic E-state index is 13.9. The van der Waals surface area contributed by atoms with Crippen LogP contribution in [0.2, 0.25) is 5.02 Å². The largest absolute Gasteiger partial charge is 0.335 e. The molecule has 1 saturated heterocycles. The minimum absolute atomic E-state index is 0.0378. The summed E-state index contributed by atoms with van der Waals surface area (Å²) in [6, 6.07) is 13.1. The predicted octanol–water partition coefficient (Wildman–Crippen LogP) is 2.97. The van der Waals surface area contributed by atoms with Crippen molar-refractivity contribution in [1.29, 1.82) is 0 Å². The molecular weight excluding hydrogens is 409 g/mol. The molecule has 3 aromatic rings. The van der Waals surface area contributed by atoms with E-state index in [1.807, 2.05) is 12.1 Å². The minimum Gasteiger partial charge on any atom is -0.335 e. The van der Waals surface area contributed by atoms with Crippen LogP contribution in [0, 0.1) is 12.7 Å². The molecule has 9 heteroatoms. The van der Waals surface area contributed by atoms with Crippen LogP contribution in [0.3, 0.4) is 0 Å². The molecule has 0 atom stereocenters. The van der Waals surface area contributed by atoms with Crippen LogP contribution in [0.25, 0.3) is 5.69 Å². The molecule has 0 N–H and O–H groups in total. The number of rotatable bonds is 3. The highest BCUT2D eigenvalue weighted by Gasteiger charge is 2.29. The minimum atomic E-state index is -0.548. The van der Waals surface area contributed by atoms with Crippen molar-refractivity contribution < 1.29 is 14.0 Å². The maximum atomic E-state index is 13.9. The molecule has 1 aliphatic rings. The Balaban J connectivity index is 1.46. The highest BCUT2D eigenvalue weighted by molar-refractivity contribution is 6.32. The predicted molar refractivity (Wildman–Crippen MR) is 109 cm³/mol. The van der Waals surface area contributed by atoms with Crippen molar-refractivity contribution in [3.8, 4) is 5.69 Å². The first-order chi connectivity index (χ1) is 14.5. The zero-order chi connectivity index (χ0) is 21.3. The molecule has 4 rings (SSSR count). The summed E-state index contributed by atoms with van der Waals surface area (Å²) in [6.07, 6.45) is 0. The molecule has 2 amide bonds. The molecule has 0 bridgehead atoms. The molecule has 30 heavy (non-hydrogen) atoms. The molecule has 154 valence electrons. The number of hydrogen-bond donors (Lipinski definition) is 0. The van der Waals surface area contributed by atoms with E-state index in [2.05, 4.69) is 10.3 Å². The molecule has 7 nitrogen and oxygen atoms in total. The van der Waals surface area contributed by atoms with Crippen molar-refractivity contribution in [2.24, 2.45) is 0 Å². The van der Waals surface area contributed by atoms with E-state index in [-0.39, 0.29) is 23.1 Å². The Hall–Kier alpha value is -3.26. The summed E-state index contributed by atoms with van der Waals surface area (Å²) >= 11 is 6.23. The number of para-hydroxylation sites is 1. The second-order valence-electron chi connectivity index (χ2n) is 6.95. The Bertz CT molecular complexity index is 1110. The van der Waals surface area contributed by atoms with E-state index in [0.717, 1.165) is 0 Å². The van der Waals surface area contributed by atoms with Crippen molar-refractivity contribution in [2.45, 2.75) is 6.92 Å². The lowest BCUT2D eigenvalue weighted by Gasteiger charge is -2.34. The molecule has 0 radical (unpaired) electrons. The van der Waals surface area contributed by atoms with Gasteiger partial charge in [0.15, 0.2) is 5.69 Å². The number of aromatic nitrogens is 3. The van der Waals surface area contributed by atoms with Crippen molar-refractivity contribution in [2.75, 3.05) is 26.2 Å². The van der Waals surface area contributed by atoms with Crippen LogP contribution in [0.4, 0.5) is 4.39 Å². The second-order valence-corrected chi connectivity index (χ2v) is 7.36. The number of piperazine rings is 1. The van der Waals surface area contributed by atoms with Crippen LogP contribution in [-0.2, 0) is 0 Å². The lowest BCUT2D eigenvalue weighted by Crippen LogP contribution is -2.50. The summed E-state index contributed by atoms with van der Waals surface area (Å²) in [7, 11) is 0. The molecule has 0 aliphatic carbocycles. The topological polar surface area (TPSA) is 71.3 Å². The lowest BCUT2D eigenvalue weighted by molar-refractivity contribution is 0.0529. The van der Waals surface area contributed by atoms with Gasteiger partial charge in [-0.15, -0.1) is 5.10 Å². The Morgan fingerprint density at radius 2 is 1.53 bits per heavy atom. The van der Waals surface area contributed by atoms with Gasteiger partial charge in [0.2, 0.25) is 0 Å². The van der Waals surface area contributed by atoms with Crippen molar-refractivity contribution >= 4 is 23.4 Å². The molecule has 0 spiro atoms. The summed E-state index contributed by atoms with van der Waals surface area (Å²) in [5.74, 6) is -1.18. The van der Waals surface area contributed by atoms with Gasteiger partial charge in [-0.05, 0) is 31.2 Å². The Kier molecular flexibility index (Phi) is 5.50. The van der Waals surface area contributed by atoms with Crippen LogP contribution in [0.15, 0.2) is 48.5 Å². The van der Waals surface area contributed by atoms with E-state index >= 15 is 0 Å². The van der Waals surface area contributed by atoms with Crippen molar-refractivity contribution in [1.82, 2.24) is 24.8 Å².